The predicted molar refractivity (Wildman–Crippen MR) is 238 cm³/mol. The molecule has 69 heavy (non-hydrogen) atoms. The Morgan fingerprint density at radius 3 is 1.29 bits per heavy atom. The third-order valence-corrected chi connectivity index (χ3v) is 10.9. The number of rotatable bonds is 18. The van der Waals surface area contributed by atoms with Crippen molar-refractivity contribution in [2.75, 3.05) is 13.9 Å². The number of hydrogen-bond acceptors (Lipinski definition) is 18. The van der Waals surface area contributed by atoms with Crippen LogP contribution >= 0.6 is 0 Å². The highest BCUT2D eigenvalue weighted by Crippen LogP contribution is 2.38. The van der Waals surface area contributed by atoms with Crippen molar-refractivity contribution in [3.05, 3.63) is 156 Å². The normalized spacial score (nSPS) is 11.5. The molecule has 4 N–H and O–H groups in total. The van der Waals surface area contributed by atoms with E-state index in [0.29, 0.717) is 5.75 Å². The first-order valence-corrected chi connectivity index (χ1v) is 22.0. The molecule has 352 valence electrons. The van der Waals surface area contributed by atoms with Crippen LogP contribution in [0.4, 0.5) is 22.7 Å². The molecule has 0 heterocycles. The van der Waals surface area contributed by atoms with Crippen LogP contribution in [-0.4, -0.2) is 79.9 Å². The van der Waals surface area contributed by atoms with Crippen molar-refractivity contribution < 1.29 is 83.8 Å². The maximum Gasteiger partial charge on any atom is 0.343 e. The minimum absolute atomic E-state index is 0.00120. The lowest BCUT2D eigenvalue weighted by molar-refractivity contribution is -0.144. The predicted octanol–water partition coefficient (Wildman–Crippen LogP) is 8.59. The fraction of sp³-hybridized carbons (Fsp3) is 0.0444. The summed E-state index contributed by atoms with van der Waals surface area (Å²) in [6.07, 6.45) is 0.947. The lowest BCUT2D eigenvalue weighted by Crippen LogP contribution is -2.12. The minimum atomic E-state index is -5.17. The summed E-state index contributed by atoms with van der Waals surface area (Å²) in [7, 11) is -8.91. The van der Waals surface area contributed by atoms with E-state index in [9.17, 15) is 60.1 Å². The number of carbonyl (C=O) groups is 5. The second-order valence-electron chi connectivity index (χ2n) is 13.6. The average molecular weight is 981 g/mol. The minimum Gasteiger partial charge on any atom is -0.497 e. The van der Waals surface area contributed by atoms with Gasteiger partial charge in [-0.25, -0.2) is 24.0 Å². The lowest BCUT2D eigenvalue weighted by Gasteiger charge is -2.12. The van der Waals surface area contributed by atoms with Gasteiger partial charge < -0.3 is 33.9 Å². The molecule has 0 saturated heterocycles. The molecule has 0 bridgehead atoms. The van der Waals surface area contributed by atoms with Crippen molar-refractivity contribution in [2.45, 2.75) is 9.79 Å². The zero-order valence-electron chi connectivity index (χ0n) is 35.1. The maximum atomic E-state index is 12.8. The molecule has 0 fully saturated rings. The highest BCUT2D eigenvalue weighted by atomic mass is 32.2. The SMILES string of the molecule is C=CC(=O)OCOc1ccc(C(=O)Oc2ccc(/N=N\c3ccc(-c4ccc(/N=N\c5ccc(OC(=O)c6ccc(OC)cc6)c(C(=O)O)c5)cc4S(=O)(=O)O)c(S(=O)(=O)O)c3)cc2C(=O)O)cc1. The molecule has 0 spiro atoms. The molecular formula is C45H32N4O18S2. The summed E-state index contributed by atoms with van der Waals surface area (Å²) >= 11 is 0. The molecule has 0 radical (unpaired) electrons. The number of hydrogen-bond donors (Lipinski definition) is 4. The molecule has 0 aromatic heterocycles. The van der Waals surface area contributed by atoms with Gasteiger partial charge >= 0.3 is 29.8 Å². The van der Waals surface area contributed by atoms with E-state index in [1.165, 1.54) is 67.8 Å². The van der Waals surface area contributed by atoms with Crippen molar-refractivity contribution in [1.29, 1.82) is 0 Å². The monoisotopic (exact) mass is 980 g/mol. The van der Waals surface area contributed by atoms with Gasteiger partial charge in [0, 0.05) is 17.2 Å². The Morgan fingerprint density at radius 2 is 0.928 bits per heavy atom. The molecule has 6 rings (SSSR count). The Labute approximate surface area is 389 Å². The second kappa shape index (κ2) is 21.1. The third kappa shape index (κ3) is 12.7. The van der Waals surface area contributed by atoms with Crippen molar-refractivity contribution in [2.24, 2.45) is 20.5 Å². The number of carbonyl (C=O) groups excluding carboxylic acids is 3. The van der Waals surface area contributed by atoms with Gasteiger partial charge in [-0.2, -0.15) is 37.3 Å². The fourth-order valence-corrected chi connectivity index (χ4v) is 7.32. The van der Waals surface area contributed by atoms with Crippen LogP contribution in [0.1, 0.15) is 41.4 Å². The van der Waals surface area contributed by atoms with Gasteiger partial charge in [0.25, 0.3) is 20.2 Å². The van der Waals surface area contributed by atoms with Crippen LogP contribution in [0.2, 0.25) is 0 Å². The van der Waals surface area contributed by atoms with E-state index >= 15 is 0 Å². The number of nitrogens with zero attached hydrogens (tertiary/aromatic N) is 4. The van der Waals surface area contributed by atoms with Gasteiger partial charge in [-0.1, -0.05) is 18.7 Å². The standard InChI is InChI=1S/C45H32N4O18S2/c1-3-41(50)65-24-64-32-14-6-26(7-15-32)45(56)67-38-19-11-28(21-36(38)43(53)54)47-49-30-9-17-34(40(23-30)69(60,61)62)33-16-8-29(22-39(33)68(57,58)59)48-46-27-10-18-37(35(20-27)42(51)52)66-44(55)25-4-12-31(63-2)13-5-25/h3-23H,1,24H2,2H3,(H,51,52)(H,53,54)(H,57,58,59)(H,60,61,62)/b48-46-,49-47-. The molecule has 6 aromatic carbocycles. The van der Waals surface area contributed by atoms with E-state index < -0.39 is 88.9 Å². The number of carboxylic acids is 2. The van der Waals surface area contributed by atoms with E-state index in [1.54, 1.807) is 0 Å². The van der Waals surface area contributed by atoms with Gasteiger partial charge in [-0.3, -0.25) is 9.11 Å². The molecule has 22 nitrogen and oxygen atoms in total. The summed E-state index contributed by atoms with van der Waals surface area (Å²) in [5, 5.41) is 35.3. The molecule has 0 aliphatic heterocycles. The molecule has 24 heteroatoms. The van der Waals surface area contributed by atoms with Gasteiger partial charge in [0.05, 0.1) is 41.0 Å². The van der Waals surface area contributed by atoms with E-state index in [2.05, 4.69) is 27.0 Å². The Morgan fingerprint density at radius 1 is 0.551 bits per heavy atom. The highest BCUT2D eigenvalue weighted by molar-refractivity contribution is 7.86. The highest BCUT2D eigenvalue weighted by Gasteiger charge is 2.25. The van der Waals surface area contributed by atoms with Crippen molar-refractivity contribution in [3.63, 3.8) is 0 Å². The average Bonchev–Trinajstić information content (AvgIpc) is 3.32. The first-order chi connectivity index (χ1) is 32.7. The Balaban J connectivity index is 1.21. The van der Waals surface area contributed by atoms with E-state index in [0.717, 1.165) is 66.7 Å². The summed E-state index contributed by atoms with van der Waals surface area (Å²) in [6, 6.07) is 24.0. The summed E-state index contributed by atoms with van der Waals surface area (Å²) in [6.45, 7) is 2.83. The zero-order chi connectivity index (χ0) is 50.0. The third-order valence-electron chi connectivity index (χ3n) is 9.14. The summed E-state index contributed by atoms with van der Waals surface area (Å²) in [5.41, 5.74) is -2.47. The smallest absolute Gasteiger partial charge is 0.343 e. The van der Waals surface area contributed by atoms with Crippen LogP contribution in [0.25, 0.3) is 11.1 Å². The molecule has 0 amide bonds. The lowest BCUT2D eigenvalue weighted by atomic mass is 10.0. The van der Waals surface area contributed by atoms with Crippen LogP contribution in [0.5, 0.6) is 23.0 Å². The number of benzene rings is 6. The van der Waals surface area contributed by atoms with Gasteiger partial charge in [0.1, 0.15) is 43.9 Å². The summed E-state index contributed by atoms with van der Waals surface area (Å²) in [4.78, 5) is 59.1. The quantitative estimate of drug-likeness (QED) is 0.0156. The van der Waals surface area contributed by atoms with Crippen LogP contribution in [0.15, 0.2) is 164 Å². The van der Waals surface area contributed by atoms with Gasteiger partial charge in [-0.05, 0) is 109 Å². The van der Waals surface area contributed by atoms with Gasteiger partial charge in [-0.15, -0.1) is 0 Å². The molecule has 6 aromatic rings. The number of carboxylic acid groups (broad SMARTS) is 2. The second-order valence-corrected chi connectivity index (χ2v) is 16.4. The first-order valence-electron chi connectivity index (χ1n) is 19.2. The van der Waals surface area contributed by atoms with Gasteiger partial charge in [0.2, 0.25) is 6.79 Å². The number of aromatic carboxylic acids is 2. The van der Waals surface area contributed by atoms with E-state index in [1.807, 2.05) is 0 Å². The maximum absolute atomic E-state index is 12.8. The van der Waals surface area contributed by atoms with E-state index in [-0.39, 0.29) is 51.1 Å². The number of esters is 3. The number of ether oxygens (including phenoxy) is 5. The van der Waals surface area contributed by atoms with Crippen molar-refractivity contribution >= 4 is 72.8 Å². The fourth-order valence-electron chi connectivity index (χ4n) is 5.87. The van der Waals surface area contributed by atoms with Gasteiger partial charge in [0.15, 0.2) is 0 Å². The Bertz CT molecular complexity index is 3320. The zero-order valence-corrected chi connectivity index (χ0v) is 36.8. The van der Waals surface area contributed by atoms with Crippen LogP contribution < -0.4 is 18.9 Å². The topological polar surface area (TPSA) is 330 Å². The number of methoxy groups -OCH3 is 1. The molecule has 0 aliphatic carbocycles. The summed E-state index contributed by atoms with van der Waals surface area (Å²) < 4.78 is 96.6. The largest absolute Gasteiger partial charge is 0.497 e. The molecular weight excluding hydrogens is 949 g/mol. The molecule has 0 unspecified atom stereocenters. The van der Waals surface area contributed by atoms with Crippen LogP contribution in [0, 0.1) is 0 Å². The van der Waals surface area contributed by atoms with Crippen molar-refractivity contribution in [3.8, 4) is 34.1 Å². The Kier molecular flexibility index (Phi) is 15.1. The molecule has 0 aliphatic rings. The molecule has 0 atom stereocenters. The van der Waals surface area contributed by atoms with Crippen LogP contribution in [0.3, 0.4) is 0 Å². The van der Waals surface area contributed by atoms with E-state index in [4.69, 9.17) is 23.7 Å². The summed E-state index contributed by atoms with van der Waals surface area (Å²) in [5.74, 6) is -5.55. The van der Waals surface area contributed by atoms with Crippen molar-refractivity contribution in [1.82, 2.24) is 0 Å². The first kappa shape index (κ1) is 49.5. The number of azo groups is 2. The molecule has 0 saturated carbocycles. The van der Waals surface area contributed by atoms with Crippen LogP contribution in [-0.2, 0) is 29.8 Å². The Hall–Kier alpha value is -8.97.